The molecule has 2 aromatic carbocycles. The molecule has 0 spiro atoms. The summed E-state index contributed by atoms with van der Waals surface area (Å²) >= 11 is 0. The molecule has 24 heavy (non-hydrogen) atoms. The van der Waals surface area contributed by atoms with Gasteiger partial charge in [0.15, 0.2) is 0 Å². The van der Waals surface area contributed by atoms with Crippen molar-refractivity contribution < 1.29 is 4.74 Å². The van der Waals surface area contributed by atoms with Gasteiger partial charge in [0.2, 0.25) is 0 Å². The van der Waals surface area contributed by atoms with Crippen molar-refractivity contribution in [3.8, 4) is 5.75 Å². The molecule has 1 aliphatic heterocycles. The van der Waals surface area contributed by atoms with Crippen molar-refractivity contribution in [3.63, 3.8) is 0 Å². The predicted octanol–water partition coefficient (Wildman–Crippen LogP) is 1.97. The highest BCUT2D eigenvalue weighted by Gasteiger charge is 2.21. The van der Waals surface area contributed by atoms with Crippen LogP contribution in [0.4, 0.5) is 17.1 Å². The molecule has 0 fully saturated rings. The number of benzene rings is 1. The fraction of sp³-hybridized carbons (Fsp3) is 0.167. The summed E-state index contributed by atoms with van der Waals surface area (Å²) in [6.45, 7) is 1.06. The zero-order valence-electron chi connectivity index (χ0n) is 12.8. The Bertz CT molecular complexity index is 960. The van der Waals surface area contributed by atoms with Gasteiger partial charge < -0.3 is 15.4 Å². The Morgan fingerprint density at radius 3 is 2.79 bits per heavy atom. The topological polar surface area (TPSA) is 80.3 Å². The van der Waals surface area contributed by atoms with E-state index < -0.39 is 10.9 Å². The third kappa shape index (κ3) is 2.52. The van der Waals surface area contributed by atoms with Crippen LogP contribution in [0.3, 0.4) is 0 Å². The van der Waals surface area contributed by atoms with Gasteiger partial charge in [0.05, 0.1) is 18.8 Å². The summed E-state index contributed by atoms with van der Waals surface area (Å²) in [6.07, 6.45) is 2.53. The fourth-order valence-electron chi connectivity index (χ4n) is 2.77. The van der Waals surface area contributed by atoms with Gasteiger partial charge in [-0.15, -0.1) is 0 Å². The Labute approximate surface area is 137 Å². The number of nitrogens with one attached hydrogen (secondary N) is 2. The number of ether oxygens (including phenoxy) is 1. The van der Waals surface area contributed by atoms with Crippen LogP contribution in [0.25, 0.3) is 0 Å². The van der Waals surface area contributed by atoms with E-state index in [1.165, 1.54) is 0 Å². The third-order valence-corrected chi connectivity index (χ3v) is 4.04. The van der Waals surface area contributed by atoms with Gasteiger partial charge in [-0.2, -0.15) is 0 Å². The Hall–Kier alpha value is -3.15. The molecule has 2 heterocycles. The van der Waals surface area contributed by atoms with Crippen LogP contribution < -0.4 is 26.2 Å². The highest BCUT2D eigenvalue weighted by Crippen LogP contribution is 2.30. The monoisotopic (exact) mass is 321 g/mol. The Morgan fingerprint density at radius 1 is 1.08 bits per heavy atom. The molecule has 3 aromatic rings. The van der Waals surface area contributed by atoms with Gasteiger partial charge in [-0.05, 0) is 35.9 Å². The number of hydrogen-bond acceptors (Lipinski definition) is 6. The summed E-state index contributed by atoms with van der Waals surface area (Å²) < 4.78 is 5.47. The van der Waals surface area contributed by atoms with Crippen LogP contribution in [-0.2, 0) is 13.0 Å². The number of fused-ring (bicyclic) bond motifs is 1. The fourth-order valence-corrected chi connectivity index (χ4v) is 2.77. The van der Waals surface area contributed by atoms with E-state index in [2.05, 4.69) is 15.6 Å². The van der Waals surface area contributed by atoms with E-state index >= 15 is 0 Å². The van der Waals surface area contributed by atoms with Crippen molar-refractivity contribution in [2.75, 3.05) is 17.2 Å². The lowest BCUT2D eigenvalue weighted by Gasteiger charge is -2.15. The van der Waals surface area contributed by atoms with Gasteiger partial charge in [0.1, 0.15) is 17.1 Å². The number of rotatable bonds is 5. The summed E-state index contributed by atoms with van der Waals surface area (Å²) in [6, 6.07) is 11.2. The second kappa shape index (κ2) is 5.81. The molecule has 0 radical (unpaired) electrons. The Balaban J connectivity index is 1.53. The molecule has 0 aliphatic carbocycles. The lowest BCUT2D eigenvalue weighted by atomic mass is 10.1. The maximum absolute atomic E-state index is 11.9. The first kappa shape index (κ1) is 14.4. The van der Waals surface area contributed by atoms with Crippen LogP contribution in [0.5, 0.6) is 5.75 Å². The van der Waals surface area contributed by atoms with E-state index in [9.17, 15) is 9.59 Å². The number of hydrogen-bond donors (Lipinski definition) is 2. The van der Waals surface area contributed by atoms with Crippen molar-refractivity contribution in [1.82, 2.24) is 4.98 Å². The van der Waals surface area contributed by atoms with E-state index in [0.717, 1.165) is 29.1 Å². The Kier molecular flexibility index (Phi) is 3.49. The molecule has 1 aromatic heterocycles. The first-order valence-corrected chi connectivity index (χ1v) is 7.72. The van der Waals surface area contributed by atoms with Crippen LogP contribution in [0, 0.1) is 0 Å². The van der Waals surface area contributed by atoms with Gasteiger partial charge in [0, 0.05) is 18.3 Å². The average molecular weight is 321 g/mol. The average Bonchev–Trinajstić information content (AvgIpc) is 3.09. The minimum atomic E-state index is -0.504. The van der Waals surface area contributed by atoms with Crippen molar-refractivity contribution in [1.29, 1.82) is 0 Å². The SMILES string of the molecule is O=c1c(NCc2ccccn2)c(Nc2ccc3c(c2)CCO3)c1=O. The van der Waals surface area contributed by atoms with E-state index in [0.29, 0.717) is 24.5 Å². The standard InChI is InChI=1S/C18H15N3O3/c22-17-15(20-10-13-3-1-2-7-19-13)16(18(17)23)21-12-4-5-14-11(9-12)6-8-24-14/h1-5,7,9,20-21H,6,8,10H2. The molecule has 0 saturated heterocycles. The van der Waals surface area contributed by atoms with E-state index in [1.54, 1.807) is 6.20 Å². The lowest BCUT2D eigenvalue weighted by Crippen LogP contribution is -2.36. The molecular weight excluding hydrogens is 306 g/mol. The summed E-state index contributed by atoms with van der Waals surface area (Å²) in [5.74, 6) is 0.874. The zero-order chi connectivity index (χ0) is 16.5. The van der Waals surface area contributed by atoms with Crippen LogP contribution in [0.2, 0.25) is 0 Å². The van der Waals surface area contributed by atoms with E-state index in [-0.39, 0.29) is 0 Å². The number of aromatic nitrogens is 1. The first-order valence-electron chi connectivity index (χ1n) is 7.72. The van der Waals surface area contributed by atoms with Crippen LogP contribution in [0.1, 0.15) is 11.3 Å². The predicted molar refractivity (Wildman–Crippen MR) is 91.8 cm³/mol. The zero-order valence-corrected chi connectivity index (χ0v) is 12.8. The summed E-state index contributed by atoms with van der Waals surface area (Å²) in [7, 11) is 0. The van der Waals surface area contributed by atoms with Crippen molar-refractivity contribution >= 4 is 17.1 Å². The molecule has 0 bridgehead atoms. The van der Waals surface area contributed by atoms with Gasteiger partial charge in [0.25, 0.3) is 10.9 Å². The molecular formula is C18H15N3O3. The molecule has 6 heteroatoms. The minimum absolute atomic E-state index is 0.301. The van der Waals surface area contributed by atoms with Crippen LogP contribution in [-0.4, -0.2) is 11.6 Å². The normalized spacial score (nSPS) is 12.7. The minimum Gasteiger partial charge on any atom is -0.493 e. The summed E-state index contributed by atoms with van der Waals surface area (Å²) in [5.41, 5.74) is 2.27. The third-order valence-electron chi connectivity index (χ3n) is 4.04. The van der Waals surface area contributed by atoms with E-state index in [1.807, 2.05) is 36.4 Å². The molecule has 120 valence electrons. The lowest BCUT2D eigenvalue weighted by molar-refractivity contribution is 0.357. The Morgan fingerprint density at radius 2 is 1.96 bits per heavy atom. The maximum Gasteiger partial charge on any atom is 0.253 e. The quantitative estimate of drug-likeness (QED) is 0.699. The second-order valence-electron chi connectivity index (χ2n) is 5.63. The molecule has 2 N–H and O–H groups in total. The van der Waals surface area contributed by atoms with Crippen LogP contribution in [0.15, 0.2) is 52.2 Å². The highest BCUT2D eigenvalue weighted by molar-refractivity contribution is 5.79. The number of anilines is 3. The molecule has 4 rings (SSSR count). The van der Waals surface area contributed by atoms with Gasteiger partial charge >= 0.3 is 0 Å². The molecule has 0 amide bonds. The second-order valence-corrected chi connectivity index (χ2v) is 5.63. The summed E-state index contributed by atoms with van der Waals surface area (Å²) in [5, 5.41) is 6.04. The molecule has 0 atom stereocenters. The van der Waals surface area contributed by atoms with Gasteiger partial charge in [-0.1, -0.05) is 6.07 Å². The maximum atomic E-state index is 11.9. The first-order chi connectivity index (χ1) is 11.7. The number of nitrogens with zero attached hydrogens (tertiary/aromatic N) is 1. The van der Waals surface area contributed by atoms with Crippen molar-refractivity contribution in [2.24, 2.45) is 0 Å². The van der Waals surface area contributed by atoms with Crippen molar-refractivity contribution in [3.05, 3.63) is 74.3 Å². The van der Waals surface area contributed by atoms with E-state index in [4.69, 9.17) is 4.74 Å². The number of pyridine rings is 1. The molecule has 6 nitrogen and oxygen atoms in total. The highest BCUT2D eigenvalue weighted by atomic mass is 16.5. The molecule has 0 unspecified atom stereocenters. The molecule has 1 aliphatic rings. The smallest absolute Gasteiger partial charge is 0.253 e. The van der Waals surface area contributed by atoms with Gasteiger partial charge in [-0.25, -0.2) is 0 Å². The summed E-state index contributed by atoms with van der Waals surface area (Å²) in [4.78, 5) is 27.9. The van der Waals surface area contributed by atoms with Crippen molar-refractivity contribution in [2.45, 2.75) is 13.0 Å². The van der Waals surface area contributed by atoms with Gasteiger partial charge in [-0.3, -0.25) is 14.6 Å². The molecule has 0 saturated carbocycles. The largest absolute Gasteiger partial charge is 0.493 e. The van der Waals surface area contributed by atoms with Crippen LogP contribution >= 0.6 is 0 Å².